The van der Waals surface area contributed by atoms with E-state index < -0.39 is 0 Å². The Morgan fingerprint density at radius 1 is 1.00 bits per heavy atom. The highest BCUT2D eigenvalue weighted by atomic mass is 19.1. The Hall–Kier alpha value is -3.13. The van der Waals surface area contributed by atoms with Crippen molar-refractivity contribution in [1.82, 2.24) is 5.32 Å². The minimum absolute atomic E-state index is 0.187. The Labute approximate surface area is 170 Å². The molecule has 29 heavy (non-hydrogen) atoms. The van der Waals surface area contributed by atoms with Crippen molar-refractivity contribution in [2.24, 2.45) is 11.1 Å². The summed E-state index contributed by atoms with van der Waals surface area (Å²) in [4.78, 5) is 24.0. The van der Waals surface area contributed by atoms with Gasteiger partial charge in [0.2, 0.25) is 5.91 Å². The van der Waals surface area contributed by atoms with Crippen LogP contribution in [0.15, 0.2) is 48.5 Å². The van der Waals surface area contributed by atoms with Crippen molar-refractivity contribution >= 4 is 11.8 Å². The van der Waals surface area contributed by atoms with Gasteiger partial charge in [-0.3, -0.25) is 9.59 Å². The normalized spacial score (nSPS) is 15.1. The minimum atomic E-state index is -0.358. The second kappa shape index (κ2) is 9.38. The fraction of sp³-hybridized carbons (Fsp3) is 0.333. The lowest BCUT2D eigenvalue weighted by Crippen LogP contribution is -2.41. The molecule has 0 unspecified atom stereocenters. The number of primary amides is 1. The van der Waals surface area contributed by atoms with Crippen LogP contribution in [0.4, 0.5) is 4.39 Å². The van der Waals surface area contributed by atoms with Crippen LogP contribution >= 0.6 is 0 Å². The Morgan fingerprint density at radius 3 is 2.34 bits per heavy atom. The molecule has 0 atom stereocenters. The van der Waals surface area contributed by atoms with E-state index in [0.717, 1.165) is 32.1 Å². The van der Waals surface area contributed by atoms with Crippen LogP contribution in [0.5, 0.6) is 0 Å². The zero-order chi connectivity index (χ0) is 20.7. The van der Waals surface area contributed by atoms with Crippen LogP contribution in [0, 0.1) is 23.1 Å². The van der Waals surface area contributed by atoms with Gasteiger partial charge in [0, 0.05) is 24.1 Å². The predicted molar refractivity (Wildman–Crippen MR) is 110 cm³/mol. The highest BCUT2D eigenvalue weighted by molar-refractivity contribution is 5.94. The second-order valence-corrected chi connectivity index (χ2v) is 7.69. The number of amides is 2. The molecule has 1 aliphatic rings. The third-order valence-corrected chi connectivity index (χ3v) is 5.45. The third-order valence-electron chi connectivity index (χ3n) is 5.45. The average Bonchev–Trinajstić information content (AvgIpc) is 2.72. The van der Waals surface area contributed by atoms with Crippen molar-refractivity contribution in [3.63, 3.8) is 0 Å². The van der Waals surface area contributed by atoms with Crippen LogP contribution in [0.2, 0.25) is 0 Å². The van der Waals surface area contributed by atoms with E-state index in [1.165, 1.54) is 6.07 Å². The van der Waals surface area contributed by atoms with E-state index in [9.17, 15) is 14.0 Å². The van der Waals surface area contributed by atoms with Gasteiger partial charge in [-0.25, -0.2) is 4.39 Å². The molecule has 0 heterocycles. The lowest BCUT2D eigenvalue weighted by molar-refractivity contribution is -0.120. The Morgan fingerprint density at radius 2 is 1.69 bits per heavy atom. The summed E-state index contributed by atoms with van der Waals surface area (Å²) in [5.41, 5.74) is 6.75. The maximum absolute atomic E-state index is 13.6. The van der Waals surface area contributed by atoms with E-state index in [1.807, 2.05) is 0 Å². The molecule has 0 aromatic heterocycles. The molecule has 1 aliphatic carbocycles. The average molecular weight is 392 g/mol. The molecule has 0 radical (unpaired) electrons. The first-order valence-electron chi connectivity index (χ1n) is 9.91. The van der Waals surface area contributed by atoms with Gasteiger partial charge >= 0.3 is 0 Å². The lowest BCUT2D eigenvalue weighted by Gasteiger charge is -2.36. The van der Waals surface area contributed by atoms with Crippen LogP contribution in [-0.4, -0.2) is 18.4 Å². The molecule has 2 aromatic carbocycles. The van der Waals surface area contributed by atoms with Crippen LogP contribution < -0.4 is 11.1 Å². The van der Waals surface area contributed by atoms with Crippen molar-refractivity contribution in [2.45, 2.75) is 38.5 Å². The van der Waals surface area contributed by atoms with E-state index in [-0.39, 0.29) is 23.0 Å². The second-order valence-electron chi connectivity index (χ2n) is 7.69. The molecule has 3 rings (SSSR count). The molecule has 2 aromatic rings. The SMILES string of the molecule is NC(=O)CC1(CNC(=O)c2ccc(C#Cc3ccccc3F)cc2)CCCCC1. The number of benzene rings is 2. The van der Waals surface area contributed by atoms with Crippen LogP contribution in [0.3, 0.4) is 0 Å². The number of carbonyl (C=O) groups excluding carboxylic acids is 2. The van der Waals surface area contributed by atoms with Gasteiger partial charge in [-0.05, 0) is 54.7 Å². The molecular formula is C24H25FN2O2. The van der Waals surface area contributed by atoms with E-state index in [1.54, 1.807) is 42.5 Å². The summed E-state index contributed by atoms with van der Waals surface area (Å²) in [6, 6.07) is 13.2. The van der Waals surface area contributed by atoms with Gasteiger partial charge in [-0.2, -0.15) is 0 Å². The van der Waals surface area contributed by atoms with Gasteiger partial charge in [0.1, 0.15) is 5.82 Å². The fourth-order valence-corrected chi connectivity index (χ4v) is 3.86. The smallest absolute Gasteiger partial charge is 0.251 e. The number of nitrogens with two attached hydrogens (primary N) is 1. The quantitative estimate of drug-likeness (QED) is 0.760. The molecule has 1 saturated carbocycles. The summed E-state index contributed by atoms with van der Waals surface area (Å²) < 4.78 is 13.6. The van der Waals surface area contributed by atoms with Crippen molar-refractivity contribution in [3.8, 4) is 11.8 Å². The number of rotatable bonds is 5. The monoisotopic (exact) mass is 392 g/mol. The topological polar surface area (TPSA) is 72.2 Å². The molecular weight excluding hydrogens is 367 g/mol. The molecule has 4 nitrogen and oxygen atoms in total. The van der Waals surface area contributed by atoms with Crippen molar-refractivity contribution in [1.29, 1.82) is 0 Å². The molecule has 3 N–H and O–H groups in total. The van der Waals surface area contributed by atoms with Gasteiger partial charge in [0.05, 0.1) is 5.56 Å². The van der Waals surface area contributed by atoms with Gasteiger partial charge in [0.15, 0.2) is 0 Å². The summed E-state index contributed by atoms with van der Waals surface area (Å²) >= 11 is 0. The van der Waals surface area contributed by atoms with E-state index in [0.29, 0.717) is 29.7 Å². The van der Waals surface area contributed by atoms with Crippen molar-refractivity contribution < 1.29 is 14.0 Å². The lowest BCUT2D eigenvalue weighted by atomic mass is 9.71. The van der Waals surface area contributed by atoms with Gasteiger partial charge < -0.3 is 11.1 Å². The largest absolute Gasteiger partial charge is 0.370 e. The van der Waals surface area contributed by atoms with Crippen molar-refractivity contribution in [3.05, 3.63) is 71.0 Å². The highest BCUT2D eigenvalue weighted by Crippen LogP contribution is 2.38. The summed E-state index contributed by atoms with van der Waals surface area (Å²) in [6.45, 7) is 0.448. The standard InChI is InChI=1S/C24H25FN2O2/c25-21-7-3-2-6-19(21)11-8-18-9-12-20(13-10-18)23(29)27-17-24(16-22(26)28)14-4-1-5-15-24/h2-3,6-7,9-10,12-13H,1,4-5,14-17H2,(H2,26,28)(H,27,29). The van der Waals surface area contributed by atoms with Crippen LogP contribution in [0.25, 0.3) is 0 Å². The first-order chi connectivity index (χ1) is 14.0. The zero-order valence-electron chi connectivity index (χ0n) is 16.3. The molecule has 0 spiro atoms. The van der Waals surface area contributed by atoms with Crippen LogP contribution in [0.1, 0.15) is 60.0 Å². The molecule has 1 fully saturated rings. The molecule has 0 saturated heterocycles. The number of carbonyl (C=O) groups is 2. The maximum atomic E-state index is 13.6. The van der Waals surface area contributed by atoms with Gasteiger partial charge in [-0.15, -0.1) is 0 Å². The first-order valence-corrected chi connectivity index (χ1v) is 9.91. The molecule has 0 aliphatic heterocycles. The number of nitrogens with one attached hydrogen (secondary N) is 1. The molecule has 150 valence electrons. The summed E-state index contributed by atoms with van der Waals surface area (Å²) in [7, 11) is 0. The third kappa shape index (κ3) is 5.68. The summed E-state index contributed by atoms with van der Waals surface area (Å²) in [6.07, 6.45) is 5.38. The predicted octanol–water partition coefficient (Wildman–Crippen LogP) is 3.78. The minimum Gasteiger partial charge on any atom is -0.370 e. The van der Waals surface area contributed by atoms with Crippen LogP contribution in [-0.2, 0) is 4.79 Å². The van der Waals surface area contributed by atoms with E-state index in [4.69, 9.17) is 5.73 Å². The van der Waals surface area contributed by atoms with Crippen molar-refractivity contribution in [2.75, 3.05) is 6.54 Å². The Balaban J connectivity index is 1.63. The first kappa shape index (κ1) is 20.6. The number of hydrogen-bond donors (Lipinski definition) is 2. The van der Waals surface area contributed by atoms with Gasteiger partial charge in [0.25, 0.3) is 5.91 Å². The number of halogens is 1. The van der Waals surface area contributed by atoms with Gasteiger partial charge in [-0.1, -0.05) is 43.2 Å². The highest BCUT2D eigenvalue weighted by Gasteiger charge is 2.34. The Kier molecular flexibility index (Phi) is 6.66. The Bertz CT molecular complexity index is 935. The maximum Gasteiger partial charge on any atom is 0.251 e. The van der Waals surface area contributed by atoms with E-state index in [2.05, 4.69) is 17.2 Å². The fourth-order valence-electron chi connectivity index (χ4n) is 3.86. The summed E-state index contributed by atoms with van der Waals surface area (Å²) in [5, 5.41) is 2.97. The molecule has 2 amide bonds. The summed E-state index contributed by atoms with van der Waals surface area (Å²) in [5.74, 6) is 4.84. The number of hydrogen-bond acceptors (Lipinski definition) is 2. The zero-order valence-corrected chi connectivity index (χ0v) is 16.3. The molecule has 5 heteroatoms. The molecule has 0 bridgehead atoms. The van der Waals surface area contributed by atoms with E-state index >= 15 is 0 Å².